The number of likely N-dealkylation sites (tertiary alicyclic amines) is 1. The van der Waals surface area contributed by atoms with Crippen LogP contribution in [-0.4, -0.2) is 43.9 Å². The molecule has 3 rings (SSSR count). The molecule has 2 aromatic rings. The lowest BCUT2D eigenvalue weighted by Gasteiger charge is -2.24. The third-order valence-electron chi connectivity index (χ3n) is 5.56. The van der Waals surface area contributed by atoms with E-state index in [0.29, 0.717) is 13.2 Å². The van der Waals surface area contributed by atoms with Gasteiger partial charge in [-0.3, -0.25) is 0 Å². The number of methoxy groups -OCH3 is 1. The van der Waals surface area contributed by atoms with E-state index in [1.54, 1.807) is 7.11 Å². The van der Waals surface area contributed by atoms with E-state index in [1.807, 2.05) is 35.2 Å². The van der Waals surface area contributed by atoms with Crippen molar-refractivity contribution in [2.75, 3.05) is 26.9 Å². The molecule has 1 atom stereocenters. The molecule has 1 saturated heterocycles. The number of unbranched alkanes of at least 4 members (excludes halogenated alkanes) is 1. The summed E-state index contributed by atoms with van der Waals surface area (Å²) in [5.41, 5.74) is 2.41. The van der Waals surface area contributed by atoms with Gasteiger partial charge in [-0.25, -0.2) is 4.79 Å². The number of carbonyl (C=O) groups excluding carboxylic acids is 1. The number of amides is 1. The minimum absolute atomic E-state index is 0.0746. The Labute approximate surface area is 179 Å². The van der Waals surface area contributed by atoms with Gasteiger partial charge in [0.25, 0.3) is 0 Å². The Bertz CT molecular complexity index is 807. The lowest BCUT2D eigenvalue weighted by Crippen LogP contribution is -2.39. The Hall–Kier alpha value is -2.69. The van der Waals surface area contributed by atoms with Crippen LogP contribution < -0.4 is 9.47 Å². The van der Waals surface area contributed by atoms with Crippen LogP contribution in [0.2, 0.25) is 0 Å². The Morgan fingerprint density at radius 1 is 1.13 bits per heavy atom. The van der Waals surface area contributed by atoms with Crippen molar-refractivity contribution in [1.82, 2.24) is 4.90 Å². The summed E-state index contributed by atoms with van der Waals surface area (Å²) >= 11 is 0. The largest absolute Gasteiger partial charge is 0.497 e. The molecule has 0 aliphatic carbocycles. The van der Waals surface area contributed by atoms with Gasteiger partial charge in [0.15, 0.2) is 0 Å². The van der Waals surface area contributed by atoms with Crippen LogP contribution in [0.1, 0.15) is 43.7 Å². The summed E-state index contributed by atoms with van der Waals surface area (Å²) in [5.74, 6) is 1.77. The SMILES string of the molecule is CCCCOC(=O)N1CCCC1COc1ccccc1CCc1cccc(OC)c1. The van der Waals surface area contributed by atoms with E-state index in [4.69, 9.17) is 14.2 Å². The molecule has 1 amide bonds. The molecule has 1 aliphatic rings. The van der Waals surface area contributed by atoms with Gasteiger partial charge >= 0.3 is 6.09 Å². The number of para-hydroxylation sites is 1. The van der Waals surface area contributed by atoms with Gasteiger partial charge in [-0.05, 0) is 61.4 Å². The number of benzene rings is 2. The normalized spacial score (nSPS) is 15.8. The maximum absolute atomic E-state index is 12.4. The van der Waals surface area contributed by atoms with Crippen LogP contribution in [0.5, 0.6) is 11.5 Å². The Balaban J connectivity index is 1.56. The molecule has 0 aromatic heterocycles. The van der Waals surface area contributed by atoms with Gasteiger partial charge < -0.3 is 19.1 Å². The summed E-state index contributed by atoms with van der Waals surface area (Å²) in [6, 6.07) is 16.4. The summed E-state index contributed by atoms with van der Waals surface area (Å²) in [5, 5.41) is 0. The van der Waals surface area contributed by atoms with Crippen molar-refractivity contribution in [3.63, 3.8) is 0 Å². The van der Waals surface area contributed by atoms with Crippen LogP contribution in [0, 0.1) is 0 Å². The highest BCUT2D eigenvalue weighted by molar-refractivity contribution is 5.68. The number of ether oxygens (including phenoxy) is 3. The molecule has 0 spiro atoms. The molecule has 5 heteroatoms. The average Bonchev–Trinajstić information content (AvgIpc) is 3.26. The summed E-state index contributed by atoms with van der Waals surface area (Å²) in [6.07, 6.45) is 5.46. The van der Waals surface area contributed by atoms with E-state index in [0.717, 1.165) is 56.6 Å². The number of rotatable bonds is 10. The second-order valence-corrected chi connectivity index (χ2v) is 7.73. The molecular formula is C25H33NO4. The first-order valence-electron chi connectivity index (χ1n) is 11.0. The molecule has 1 heterocycles. The van der Waals surface area contributed by atoms with E-state index < -0.39 is 0 Å². The van der Waals surface area contributed by atoms with Gasteiger partial charge in [-0.15, -0.1) is 0 Å². The fourth-order valence-electron chi connectivity index (χ4n) is 3.78. The predicted octanol–water partition coefficient (Wildman–Crippen LogP) is 5.26. The minimum atomic E-state index is -0.208. The number of hydrogen-bond acceptors (Lipinski definition) is 4. The van der Waals surface area contributed by atoms with Gasteiger partial charge in [0.1, 0.15) is 18.1 Å². The van der Waals surface area contributed by atoms with E-state index in [-0.39, 0.29) is 12.1 Å². The lowest BCUT2D eigenvalue weighted by molar-refractivity contribution is 0.0866. The van der Waals surface area contributed by atoms with Crippen molar-refractivity contribution in [3.05, 3.63) is 59.7 Å². The summed E-state index contributed by atoms with van der Waals surface area (Å²) < 4.78 is 16.9. The van der Waals surface area contributed by atoms with Crippen molar-refractivity contribution in [1.29, 1.82) is 0 Å². The maximum atomic E-state index is 12.4. The average molecular weight is 412 g/mol. The third-order valence-corrected chi connectivity index (χ3v) is 5.56. The summed E-state index contributed by atoms with van der Waals surface area (Å²) in [7, 11) is 1.69. The van der Waals surface area contributed by atoms with Crippen LogP contribution in [0.15, 0.2) is 48.5 Å². The Morgan fingerprint density at radius 2 is 2.00 bits per heavy atom. The number of nitrogens with zero attached hydrogens (tertiary/aromatic N) is 1. The fourth-order valence-corrected chi connectivity index (χ4v) is 3.78. The van der Waals surface area contributed by atoms with E-state index in [1.165, 1.54) is 11.1 Å². The highest BCUT2D eigenvalue weighted by Gasteiger charge is 2.30. The van der Waals surface area contributed by atoms with Gasteiger partial charge in [0.2, 0.25) is 0 Å². The Kier molecular flexibility index (Phi) is 8.42. The van der Waals surface area contributed by atoms with Crippen molar-refractivity contribution >= 4 is 6.09 Å². The minimum Gasteiger partial charge on any atom is -0.497 e. The highest BCUT2D eigenvalue weighted by atomic mass is 16.6. The molecule has 162 valence electrons. The molecule has 2 aromatic carbocycles. The van der Waals surface area contributed by atoms with Crippen LogP contribution in [0.3, 0.4) is 0 Å². The molecule has 5 nitrogen and oxygen atoms in total. The second kappa shape index (κ2) is 11.5. The summed E-state index contributed by atoms with van der Waals surface area (Å²) in [6.45, 7) is 3.83. The molecule has 1 fully saturated rings. The van der Waals surface area contributed by atoms with Gasteiger partial charge in [0, 0.05) is 6.54 Å². The van der Waals surface area contributed by atoms with Crippen molar-refractivity contribution < 1.29 is 19.0 Å². The number of carbonyl (C=O) groups is 1. The number of hydrogen-bond donors (Lipinski definition) is 0. The third kappa shape index (κ3) is 6.15. The van der Waals surface area contributed by atoms with Crippen LogP contribution in [-0.2, 0) is 17.6 Å². The maximum Gasteiger partial charge on any atom is 0.410 e. The van der Waals surface area contributed by atoms with Crippen LogP contribution >= 0.6 is 0 Å². The fraction of sp³-hybridized carbons (Fsp3) is 0.480. The van der Waals surface area contributed by atoms with E-state index >= 15 is 0 Å². The second-order valence-electron chi connectivity index (χ2n) is 7.73. The van der Waals surface area contributed by atoms with Gasteiger partial charge in [-0.1, -0.05) is 43.7 Å². The van der Waals surface area contributed by atoms with Crippen molar-refractivity contribution in [2.45, 2.75) is 51.5 Å². The zero-order valence-electron chi connectivity index (χ0n) is 18.1. The van der Waals surface area contributed by atoms with E-state index in [9.17, 15) is 4.79 Å². The first kappa shape index (κ1) is 22.0. The molecule has 0 N–H and O–H groups in total. The zero-order valence-corrected chi connectivity index (χ0v) is 18.1. The first-order chi connectivity index (χ1) is 14.7. The number of aryl methyl sites for hydroxylation is 2. The van der Waals surface area contributed by atoms with Gasteiger partial charge in [-0.2, -0.15) is 0 Å². The standard InChI is InChI=1S/C25H33NO4/c1-3-4-17-29-25(27)26-16-8-11-22(26)19-30-24-13-6-5-10-21(24)15-14-20-9-7-12-23(18-20)28-2/h5-7,9-10,12-13,18,22H,3-4,8,11,14-17,19H2,1-2H3. The van der Waals surface area contributed by atoms with Crippen molar-refractivity contribution in [2.24, 2.45) is 0 Å². The zero-order chi connectivity index (χ0) is 21.2. The molecule has 0 radical (unpaired) electrons. The molecule has 30 heavy (non-hydrogen) atoms. The molecule has 1 aliphatic heterocycles. The lowest BCUT2D eigenvalue weighted by atomic mass is 10.0. The summed E-state index contributed by atoms with van der Waals surface area (Å²) in [4.78, 5) is 14.2. The van der Waals surface area contributed by atoms with Crippen molar-refractivity contribution in [3.8, 4) is 11.5 Å². The topological polar surface area (TPSA) is 48.0 Å². The quantitative estimate of drug-likeness (QED) is 0.500. The monoisotopic (exact) mass is 411 g/mol. The predicted molar refractivity (Wildman–Crippen MR) is 118 cm³/mol. The smallest absolute Gasteiger partial charge is 0.410 e. The highest BCUT2D eigenvalue weighted by Crippen LogP contribution is 2.24. The van der Waals surface area contributed by atoms with Crippen LogP contribution in [0.4, 0.5) is 4.79 Å². The first-order valence-corrected chi connectivity index (χ1v) is 11.0. The molecule has 0 bridgehead atoms. The van der Waals surface area contributed by atoms with E-state index in [2.05, 4.69) is 25.1 Å². The Morgan fingerprint density at radius 3 is 2.83 bits per heavy atom. The molecular weight excluding hydrogens is 378 g/mol. The molecule has 1 unspecified atom stereocenters. The van der Waals surface area contributed by atoms with Gasteiger partial charge in [0.05, 0.1) is 19.8 Å². The molecule has 0 saturated carbocycles. The van der Waals surface area contributed by atoms with Crippen LogP contribution in [0.25, 0.3) is 0 Å².